The summed E-state index contributed by atoms with van der Waals surface area (Å²) in [5.41, 5.74) is 0. The summed E-state index contributed by atoms with van der Waals surface area (Å²) < 4.78 is 89.9. The normalized spacial score (nSPS) is 15.4. The monoisotopic (exact) mass is 396 g/mol. The summed E-state index contributed by atoms with van der Waals surface area (Å²) in [7, 11) is -5.74. The average Bonchev–Trinajstić information content (AvgIpc) is 2.41. The zero-order chi connectivity index (χ0) is 20.1. The molecule has 0 saturated carbocycles. The highest BCUT2D eigenvalue weighted by Crippen LogP contribution is 2.27. The van der Waals surface area contributed by atoms with E-state index in [1.165, 1.54) is 0 Å². The molecule has 0 spiro atoms. The Morgan fingerprint density at radius 2 is 1.32 bits per heavy atom. The van der Waals surface area contributed by atoms with Gasteiger partial charge in [-0.1, -0.05) is 0 Å². The number of unbranched alkanes of at least 4 members (excludes halogenated alkanes) is 1. The molecular formula is C13H20F4O7S. The second-order valence-electron chi connectivity index (χ2n) is 5.46. The summed E-state index contributed by atoms with van der Waals surface area (Å²) in [5.74, 6) is -5.28. The summed E-state index contributed by atoms with van der Waals surface area (Å²) in [6, 6.07) is 0. The summed E-state index contributed by atoms with van der Waals surface area (Å²) in [5, 5.41) is -4.66. The van der Waals surface area contributed by atoms with Gasteiger partial charge < -0.3 is 9.47 Å². The van der Waals surface area contributed by atoms with Gasteiger partial charge in [-0.2, -0.15) is 17.2 Å². The molecule has 0 aliphatic carbocycles. The van der Waals surface area contributed by atoms with E-state index in [1.54, 1.807) is 0 Å². The molecule has 0 rings (SSSR count). The van der Waals surface area contributed by atoms with E-state index < -0.39 is 51.9 Å². The van der Waals surface area contributed by atoms with Crippen molar-refractivity contribution < 1.29 is 49.6 Å². The molecule has 0 saturated heterocycles. The standard InChI is InChI=1S/C13H20F4O7S/c1-8(12(3,14)15)23-10(18)6-4-5-7-11(19)24-9(2)13(16,17)25(20,21)22/h8-9H,4-7H2,1-3H3,(H,20,21,22). The lowest BCUT2D eigenvalue weighted by molar-refractivity contribution is -0.167. The van der Waals surface area contributed by atoms with Crippen LogP contribution in [0, 0.1) is 0 Å². The molecule has 0 radical (unpaired) electrons. The van der Waals surface area contributed by atoms with E-state index in [1.807, 2.05) is 0 Å². The van der Waals surface area contributed by atoms with Crippen LogP contribution in [0.5, 0.6) is 0 Å². The molecule has 0 fully saturated rings. The zero-order valence-corrected chi connectivity index (χ0v) is 14.6. The Morgan fingerprint density at radius 1 is 0.960 bits per heavy atom. The molecule has 25 heavy (non-hydrogen) atoms. The Kier molecular flexibility index (Phi) is 8.28. The molecule has 1 N–H and O–H groups in total. The van der Waals surface area contributed by atoms with Gasteiger partial charge in [-0.25, -0.2) is 8.78 Å². The fraction of sp³-hybridized carbons (Fsp3) is 0.846. The van der Waals surface area contributed by atoms with Crippen LogP contribution in [0.4, 0.5) is 17.6 Å². The van der Waals surface area contributed by atoms with Gasteiger partial charge in [0.1, 0.15) is 0 Å². The van der Waals surface area contributed by atoms with Crippen LogP contribution < -0.4 is 0 Å². The highest BCUT2D eigenvalue weighted by molar-refractivity contribution is 7.86. The average molecular weight is 396 g/mol. The Labute approximate surface area is 142 Å². The molecule has 0 aliphatic heterocycles. The lowest BCUT2D eigenvalue weighted by Crippen LogP contribution is -2.41. The van der Waals surface area contributed by atoms with Crippen molar-refractivity contribution in [2.45, 2.75) is 69.8 Å². The fourth-order valence-corrected chi connectivity index (χ4v) is 1.90. The predicted octanol–water partition coefficient (Wildman–Crippen LogP) is 2.55. The topological polar surface area (TPSA) is 107 Å². The van der Waals surface area contributed by atoms with Crippen molar-refractivity contribution in [3.05, 3.63) is 0 Å². The maximum absolute atomic E-state index is 13.2. The van der Waals surface area contributed by atoms with Gasteiger partial charge in [-0.05, 0) is 26.7 Å². The zero-order valence-electron chi connectivity index (χ0n) is 13.8. The molecule has 7 nitrogen and oxygen atoms in total. The highest BCUT2D eigenvalue weighted by atomic mass is 32.2. The van der Waals surface area contributed by atoms with Crippen molar-refractivity contribution in [3.8, 4) is 0 Å². The Balaban J connectivity index is 4.19. The molecule has 2 unspecified atom stereocenters. The third-order valence-corrected chi connectivity index (χ3v) is 4.18. The number of ether oxygens (including phenoxy) is 2. The van der Waals surface area contributed by atoms with E-state index >= 15 is 0 Å². The van der Waals surface area contributed by atoms with E-state index in [2.05, 4.69) is 9.47 Å². The molecular weight excluding hydrogens is 376 g/mol. The smallest absolute Gasteiger partial charge is 0.405 e. The first-order valence-corrected chi connectivity index (χ1v) is 8.64. The van der Waals surface area contributed by atoms with Crippen molar-refractivity contribution in [3.63, 3.8) is 0 Å². The van der Waals surface area contributed by atoms with Gasteiger partial charge in [0.05, 0.1) is 0 Å². The second kappa shape index (κ2) is 8.79. The second-order valence-corrected chi connectivity index (χ2v) is 6.96. The van der Waals surface area contributed by atoms with E-state index in [0.717, 1.165) is 6.92 Å². The number of rotatable bonds is 10. The molecule has 0 aromatic heterocycles. The first-order chi connectivity index (χ1) is 11.1. The molecule has 12 heteroatoms. The lowest BCUT2D eigenvalue weighted by Gasteiger charge is -2.20. The molecule has 0 aliphatic rings. The van der Waals surface area contributed by atoms with Crippen LogP contribution in [0.1, 0.15) is 46.5 Å². The molecule has 0 amide bonds. The molecule has 148 valence electrons. The van der Waals surface area contributed by atoms with Crippen LogP contribution in [0.15, 0.2) is 0 Å². The van der Waals surface area contributed by atoms with Crippen molar-refractivity contribution in [1.82, 2.24) is 0 Å². The lowest BCUT2D eigenvalue weighted by atomic mass is 10.2. The van der Waals surface area contributed by atoms with Crippen molar-refractivity contribution >= 4 is 22.1 Å². The minimum atomic E-state index is -5.74. The number of alkyl halides is 4. The fourth-order valence-electron chi connectivity index (χ4n) is 1.43. The third kappa shape index (κ3) is 7.99. The van der Waals surface area contributed by atoms with Gasteiger partial charge in [-0.3, -0.25) is 14.1 Å². The number of hydrogen-bond acceptors (Lipinski definition) is 6. The first-order valence-electron chi connectivity index (χ1n) is 7.20. The van der Waals surface area contributed by atoms with Crippen LogP contribution in [-0.4, -0.2) is 48.3 Å². The predicted molar refractivity (Wildman–Crippen MR) is 76.7 cm³/mol. The number of carbonyl (C=O) groups is 2. The van der Waals surface area contributed by atoms with Gasteiger partial charge in [-0.15, -0.1) is 0 Å². The summed E-state index contributed by atoms with van der Waals surface area (Å²) in [6.07, 6.45) is -4.68. The van der Waals surface area contributed by atoms with E-state index in [9.17, 15) is 35.6 Å². The minimum absolute atomic E-state index is 0.00496. The van der Waals surface area contributed by atoms with Gasteiger partial charge >= 0.3 is 27.3 Å². The summed E-state index contributed by atoms with van der Waals surface area (Å²) in [4.78, 5) is 22.6. The molecule has 0 aromatic carbocycles. The van der Waals surface area contributed by atoms with Crippen LogP contribution in [0.25, 0.3) is 0 Å². The van der Waals surface area contributed by atoms with Gasteiger partial charge in [0, 0.05) is 19.8 Å². The number of esters is 2. The maximum atomic E-state index is 13.2. The van der Waals surface area contributed by atoms with Crippen LogP contribution in [-0.2, 0) is 29.2 Å². The number of carbonyl (C=O) groups excluding carboxylic acids is 2. The van der Waals surface area contributed by atoms with Crippen LogP contribution >= 0.6 is 0 Å². The SMILES string of the molecule is CC(OC(=O)CCCCC(=O)OC(C)C(F)(F)S(=O)(=O)O)C(C)(F)F. The summed E-state index contributed by atoms with van der Waals surface area (Å²) in [6.45, 7) is 2.20. The largest absolute Gasteiger partial charge is 0.456 e. The Bertz CT molecular complexity index is 571. The maximum Gasteiger partial charge on any atom is 0.405 e. The first kappa shape index (κ1) is 23.6. The number of hydrogen-bond donors (Lipinski definition) is 1. The molecule has 0 heterocycles. The summed E-state index contributed by atoms with van der Waals surface area (Å²) >= 11 is 0. The quantitative estimate of drug-likeness (QED) is 0.262. The van der Waals surface area contributed by atoms with E-state index in [0.29, 0.717) is 13.8 Å². The van der Waals surface area contributed by atoms with E-state index in [-0.39, 0.29) is 19.3 Å². The molecule has 0 bridgehead atoms. The molecule has 0 aromatic rings. The minimum Gasteiger partial charge on any atom is -0.456 e. The van der Waals surface area contributed by atoms with Crippen molar-refractivity contribution in [2.24, 2.45) is 0 Å². The highest BCUT2D eigenvalue weighted by Gasteiger charge is 2.51. The molecule has 2 atom stereocenters. The van der Waals surface area contributed by atoms with Gasteiger partial charge in [0.15, 0.2) is 12.2 Å². The van der Waals surface area contributed by atoms with Crippen LogP contribution in [0.2, 0.25) is 0 Å². The van der Waals surface area contributed by atoms with Gasteiger partial charge in [0.25, 0.3) is 5.92 Å². The van der Waals surface area contributed by atoms with E-state index in [4.69, 9.17) is 4.55 Å². The van der Waals surface area contributed by atoms with Gasteiger partial charge in [0.2, 0.25) is 0 Å². The third-order valence-electron chi connectivity index (χ3n) is 3.16. The van der Waals surface area contributed by atoms with Crippen molar-refractivity contribution in [1.29, 1.82) is 0 Å². The van der Waals surface area contributed by atoms with Crippen LogP contribution in [0.3, 0.4) is 0 Å². The number of halogens is 4. The Morgan fingerprint density at radius 3 is 1.64 bits per heavy atom. The Hall–Kier alpha value is -1.43. The van der Waals surface area contributed by atoms with Crippen molar-refractivity contribution in [2.75, 3.05) is 0 Å².